The normalized spacial score (nSPS) is 13.9. The lowest BCUT2D eigenvalue weighted by Crippen LogP contribution is -2.04. The van der Waals surface area contributed by atoms with Crippen molar-refractivity contribution in [1.29, 1.82) is 0 Å². The zero-order chi connectivity index (χ0) is 6.41. The fourth-order valence-corrected chi connectivity index (χ4v) is 0.573. The highest BCUT2D eigenvalue weighted by molar-refractivity contribution is 4.58. The minimum Gasteiger partial charge on any atom is -0.393 e. The third-order valence-corrected chi connectivity index (χ3v) is 0.999. The van der Waals surface area contributed by atoms with Gasteiger partial charge in [0, 0.05) is 6.42 Å². The van der Waals surface area contributed by atoms with Gasteiger partial charge in [0.25, 0.3) is 0 Å². The van der Waals surface area contributed by atoms with Gasteiger partial charge in [-0.1, -0.05) is 13.3 Å². The van der Waals surface area contributed by atoms with Crippen LogP contribution >= 0.6 is 0 Å². The van der Waals surface area contributed by atoms with E-state index in [4.69, 9.17) is 10.2 Å². The van der Waals surface area contributed by atoms with Crippen LogP contribution < -0.4 is 0 Å². The smallest absolute Gasteiger partial charge is 0.0824 e. The van der Waals surface area contributed by atoms with Gasteiger partial charge in [0.05, 0.1) is 12.7 Å². The zero-order valence-electron chi connectivity index (χ0n) is 5.17. The van der Waals surface area contributed by atoms with Gasteiger partial charge in [-0.3, -0.25) is 0 Å². The van der Waals surface area contributed by atoms with Crippen molar-refractivity contribution in [2.75, 3.05) is 0 Å². The molecule has 0 amide bonds. The molecule has 0 aliphatic carbocycles. The molecule has 0 aliphatic heterocycles. The zero-order valence-corrected chi connectivity index (χ0v) is 5.17. The molecule has 0 spiro atoms. The Balaban J connectivity index is 2.92. The molecule has 0 aromatic rings. The lowest BCUT2D eigenvalue weighted by atomic mass is 10.2. The van der Waals surface area contributed by atoms with E-state index in [0.717, 1.165) is 19.4 Å². The van der Waals surface area contributed by atoms with Crippen molar-refractivity contribution in [3.05, 3.63) is 6.61 Å². The summed E-state index contributed by atoms with van der Waals surface area (Å²) < 4.78 is 0. The number of rotatable bonds is 4. The topological polar surface area (TPSA) is 40.5 Å². The molecule has 1 radical (unpaired) electrons. The van der Waals surface area contributed by atoms with E-state index >= 15 is 0 Å². The maximum absolute atomic E-state index is 8.86. The van der Waals surface area contributed by atoms with Crippen LogP contribution in [0.3, 0.4) is 0 Å². The van der Waals surface area contributed by atoms with Gasteiger partial charge in [0.2, 0.25) is 0 Å². The summed E-state index contributed by atoms with van der Waals surface area (Å²) in [5.41, 5.74) is 0. The highest BCUT2D eigenvalue weighted by atomic mass is 16.3. The maximum Gasteiger partial charge on any atom is 0.0824 e. The summed E-state index contributed by atoms with van der Waals surface area (Å²) >= 11 is 0. The van der Waals surface area contributed by atoms with Crippen LogP contribution in [-0.4, -0.2) is 16.3 Å². The van der Waals surface area contributed by atoms with Gasteiger partial charge in [-0.25, -0.2) is 0 Å². The Morgan fingerprint density at radius 3 is 2.62 bits per heavy atom. The molecule has 2 heteroatoms. The molecule has 2 N–H and O–H groups in total. The molecule has 49 valence electrons. The van der Waals surface area contributed by atoms with Crippen molar-refractivity contribution < 1.29 is 10.2 Å². The van der Waals surface area contributed by atoms with E-state index < -0.39 is 0 Å². The van der Waals surface area contributed by atoms with Gasteiger partial charge < -0.3 is 10.2 Å². The number of hydrogen-bond donors (Lipinski definition) is 2. The van der Waals surface area contributed by atoms with Gasteiger partial charge in [-0.2, -0.15) is 0 Å². The van der Waals surface area contributed by atoms with Crippen molar-refractivity contribution in [3.8, 4) is 0 Å². The Morgan fingerprint density at radius 1 is 1.62 bits per heavy atom. The van der Waals surface area contributed by atoms with Crippen LogP contribution in [-0.2, 0) is 0 Å². The summed E-state index contributed by atoms with van der Waals surface area (Å²) in [7, 11) is 0. The van der Waals surface area contributed by atoms with Crippen LogP contribution in [0.15, 0.2) is 0 Å². The molecule has 0 fully saturated rings. The molecule has 1 atom stereocenters. The Bertz CT molecular complexity index is 39.8. The molecule has 0 rings (SSSR count). The fourth-order valence-electron chi connectivity index (χ4n) is 0.573. The van der Waals surface area contributed by atoms with Gasteiger partial charge in [0.15, 0.2) is 0 Å². The number of aliphatic hydroxyl groups excluding tert-OH is 2. The molecule has 0 saturated heterocycles. The molecular weight excluding hydrogens is 104 g/mol. The fraction of sp³-hybridized carbons (Fsp3) is 0.833. The van der Waals surface area contributed by atoms with Crippen molar-refractivity contribution in [2.45, 2.75) is 32.3 Å². The predicted molar refractivity (Wildman–Crippen MR) is 31.8 cm³/mol. The summed E-state index contributed by atoms with van der Waals surface area (Å²) in [6.07, 6.45) is 1.80. The lowest BCUT2D eigenvalue weighted by Gasteiger charge is -2.03. The van der Waals surface area contributed by atoms with Gasteiger partial charge in [-0.15, -0.1) is 0 Å². The minimum absolute atomic E-state index is 0.343. The number of hydrogen-bond acceptors (Lipinski definition) is 2. The van der Waals surface area contributed by atoms with Crippen LogP contribution in [0.4, 0.5) is 0 Å². The van der Waals surface area contributed by atoms with E-state index in [9.17, 15) is 0 Å². The van der Waals surface area contributed by atoms with Crippen LogP contribution in [0.5, 0.6) is 0 Å². The summed E-state index contributed by atoms with van der Waals surface area (Å²) in [4.78, 5) is 0. The van der Waals surface area contributed by atoms with Crippen LogP contribution in [0.2, 0.25) is 0 Å². The third-order valence-electron chi connectivity index (χ3n) is 0.999. The molecule has 8 heavy (non-hydrogen) atoms. The van der Waals surface area contributed by atoms with Crippen molar-refractivity contribution in [3.63, 3.8) is 0 Å². The van der Waals surface area contributed by atoms with Gasteiger partial charge in [0.1, 0.15) is 0 Å². The molecule has 1 unspecified atom stereocenters. The summed E-state index contributed by atoms with van der Waals surface area (Å²) in [5, 5.41) is 17.0. The van der Waals surface area contributed by atoms with E-state index in [-0.39, 0.29) is 6.10 Å². The second-order valence-corrected chi connectivity index (χ2v) is 1.86. The molecular formula is C6H13O2. The van der Waals surface area contributed by atoms with Gasteiger partial charge >= 0.3 is 0 Å². The van der Waals surface area contributed by atoms with E-state index in [1.807, 2.05) is 6.92 Å². The van der Waals surface area contributed by atoms with Crippen molar-refractivity contribution in [2.24, 2.45) is 0 Å². The first kappa shape index (κ1) is 7.92. The molecule has 0 saturated carbocycles. The largest absolute Gasteiger partial charge is 0.393 e. The van der Waals surface area contributed by atoms with Crippen molar-refractivity contribution >= 4 is 0 Å². The van der Waals surface area contributed by atoms with E-state index in [2.05, 4.69) is 0 Å². The van der Waals surface area contributed by atoms with Crippen LogP contribution in [0, 0.1) is 6.61 Å². The Hall–Kier alpha value is -0.0800. The highest BCUT2D eigenvalue weighted by Crippen LogP contribution is 2.00. The first-order valence-corrected chi connectivity index (χ1v) is 2.95. The first-order valence-electron chi connectivity index (χ1n) is 2.95. The SMILES string of the molecule is CCCC(O)C[CH]O. The van der Waals surface area contributed by atoms with Gasteiger partial charge in [-0.05, 0) is 6.42 Å². The summed E-state index contributed by atoms with van der Waals surface area (Å²) in [6, 6.07) is 0. The molecule has 0 aromatic carbocycles. The maximum atomic E-state index is 8.86. The lowest BCUT2D eigenvalue weighted by molar-refractivity contribution is 0.145. The molecule has 0 bridgehead atoms. The Kier molecular flexibility index (Phi) is 5.01. The third kappa shape index (κ3) is 4.09. The highest BCUT2D eigenvalue weighted by Gasteiger charge is 1.98. The second-order valence-electron chi connectivity index (χ2n) is 1.86. The Labute approximate surface area is 50.2 Å². The quantitative estimate of drug-likeness (QED) is 0.578. The molecule has 0 aromatic heterocycles. The van der Waals surface area contributed by atoms with E-state index in [1.165, 1.54) is 0 Å². The summed E-state index contributed by atoms with van der Waals surface area (Å²) in [5.74, 6) is 0. The van der Waals surface area contributed by atoms with Crippen LogP contribution in [0.25, 0.3) is 0 Å². The van der Waals surface area contributed by atoms with Crippen LogP contribution in [0.1, 0.15) is 26.2 Å². The first-order chi connectivity index (χ1) is 3.81. The molecule has 0 aliphatic rings. The van der Waals surface area contributed by atoms with E-state index in [0.29, 0.717) is 6.42 Å². The van der Waals surface area contributed by atoms with E-state index in [1.54, 1.807) is 0 Å². The molecule has 2 nitrogen and oxygen atoms in total. The monoisotopic (exact) mass is 117 g/mol. The summed E-state index contributed by atoms with van der Waals surface area (Å²) in [6.45, 7) is 3.00. The second kappa shape index (κ2) is 5.06. The standard InChI is InChI=1S/C6H13O2/c1-2-3-6(8)4-5-7/h5-8H,2-4H2,1H3. The van der Waals surface area contributed by atoms with Crippen molar-refractivity contribution in [1.82, 2.24) is 0 Å². The Morgan fingerprint density at radius 2 is 2.25 bits per heavy atom. The average molecular weight is 117 g/mol. The number of aliphatic hydroxyl groups is 2. The predicted octanol–water partition coefficient (Wildman–Crippen LogP) is 1.07. The molecule has 0 heterocycles. The minimum atomic E-state index is -0.343. The average Bonchev–Trinajstić information content (AvgIpc) is 1.68.